The van der Waals surface area contributed by atoms with Crippen LogP contribution in [0.5, 0.6) is 5.75 Å². The summed E-state index contributed by atoms with van der Waals surface area (Å²) in [6.45, 7) is 0.0783. The zero-order valence-electron chi connectivity index (χ0n) is 11.5. The van der Waals surface area contributed by atoms with E-state index in [0.29, 0.717) is 16.9 Å². The number of aromatic carboxylic acids is 1. The van der Waals surface area contributed by atoms with Crippen molar-refractivity contribution in [3.63, 3.8) is 0 Å². The predicted molar refractivity (Wildman–Crippen MR) is 78.4 cm³/mol. The zero-order chi connectivity index (χ0) is 15.2. The van der Waals surface area contributed by atoms with Crippen LogP contribution < -0.4 is 10.1 Å². The summed E-state index contributed by atoms with van der Waals surface area (Å²) in [5.41, 5.74) is 1.24. The van der Waals surface area contributed by atoms with Crippen molar-refractivity contribution in [1.29, 1.82) is 0 Å². The largest absolute Gasteiger partial charge is 0.478 e. The minimum atomic E-state index is -1.03. The fourth-order valence-electron chi connectivity index (χ4n) is 1.99. The molecule has 2 aromatic carbocycles. The lowest BCUT2D eigenvalue weighted by atomic mass is 9.99. The van der Waals surface area contributed by atoms with Gasteiger partial charge in [-0.25, -0.2) is 4.79 Å². The van der Waals surface area contributed by atoms with Gasteiger partial charge in [0.15, 0.2) is 0 Å². The molecule has 0 unspecified atom stereocenters. The van der Waals surface area contributed by atoms with Crippen LogP contribution in [0.4, 0.5) is 0 Å². The Labute approximate surface area is 122 Å². The zero-order valence-corrected chi connectivity index (χ0v) is 11.5. The molecule has 0 amide bonds. The number of benzene rings is 2. The topological polar surface area (TPSA) is 75.6 Å². The van der Waals surface area contributed by atoms with Gasteiger partial charge in [-0.2, -0.15) is 0 Å². The summed E-state index contributed by atoms with van der Waals surface area (Å²) in [5.74, 6) is -1.12. The van der Waals surface area contributed by atoms with Crippen LogP contribution in [0.3, 0.4) is 0 Å². The lowest BCUT2D eigenvalue weighted by Gasteiger charge is -2.12. The highest BCUT2D eigenvalue weighted by Crippen LogP contribution is 2.32. The second-order valence-electron chi connectivity index (χ2n) is 4.35. The normalized spacial score (nSPS) is 10.1. The van der Waals surface area contributed by atoms with E-state index in [1.54, 1.807) is 49.5 Å². The molecule has 0 aromatic heterocycles. The first-order valence-corrected chi connectivity index (χ1v) is 6.40. The Hall–Kier alpha value is -2.66. The Bertz CT molecular complexity index is 667. The molecule has 0 aliphatic carbocycles. The average Bonchev–Trinajstić information content (AvgIpc) is 2.48. The van der Waals surface area contributed by atoms with E-state index in [0.717, 1.165) is 0 Å². The minimum absolute atomic E-state index is 0.0783. The molecule has 0 bridgehead atoms. The van der Waals surface area contributed by atoms with Crippen molar-refractivity contribution in [2.24, 2.45) is 0 Å². The van der Waals surface area contributed by atoms with E-state index < -0.39 is 11.9 Å². The molecule has 0 saturated carbocycles. The van der Waals surface area contributed by atoms with E-state index in [1.165, 1.54) is 6.07 Å². The lowest BCUT2D eigenvalue weighted by molar-refractivity contribution is -0.133. The smallest absolute Gasteiger partial charge is 0.336 e. The molecule has 21 heavy (non-hydrogen) atoms. The molecule has 5 nitrogen and oxygen atoms in total. The lowest BCUT2D eigenvalue weighted by Crippen LogP contribution is -2.23. The van der Waals surface area contributed by atoms with Gasteiger partial charge in [0.05, 0.1) is 12.1 Å². The van der Waals surface area contributed by atoms with Gasteiger partial charge in [0.25, 0.3) is 0 Å². The SMILES string of the molecule is CNCC(=O)Oc1ccccc1-c1ccccc1C(=O)O. The molecule has 108 valence electrons. The fourth-order valence-corrected chi connectivity index (χ4v) is 1.99. The standard InChI is InChI=1S/C16H15NO4/c1-17-10-15(18)21-14-9-5-4-7-12(14)11-6-2-3-8-13(11)16(19)20/h2-9,17H,10H2,1H3,(H,19,20). The molecule has 2 aromatic rings. The Kier molecular flexibility index (Phi) is 4.68. The number of hydrogen-bond acceptors (Lipinski definition) is 4. The minimum Gasteiger partial charge on any atom is -0.478 e. The highest BCUT2D eigenvalue weighted by molar-refractivity contribution is 5.97. The number of carbonyl (C=O) groups excluding carboxylic acids is 1. The second-order valence-corrected chi connectivity index (χ2v) is 4.35. The highest BCUT2D eigenvalue weighted by atomic mass is 16.5. The number of ether oxygens (including phenoxy) is 1. The van der Waals surface area contributed by atoms with Crippen LogP contribution in [-0.4, -0.2) is 30.6 Å². The maximum atomic E-state index is 11.6. The molecule has 0 radical (unpaired) electrons. The van der Waals surface area contributed by atoms with Crippen LogP contribution in [0.1, 0.15) is 10.4 Å². The Balaban J connectivity index is 2.45. The van der Waals surface area contributed by atoms with Gasteiger partial charge in [-0.15, -0.1) is 0 Å². The Morgan fingerprint density at radius 1 is 1.05 bits per heavy atom. The number of carbonyl (C=O) groups is 2. The van der Waals surface area contributed by atoms with Gasteiger partial charge in [-0.3, -0.25) is 4.79 Å². The summed E-state index contributed by atoms with van der Waals surface area (Å²) >= 11 is 0. The predicted octanol–water partition coefficient (Wildman–Crippen LogP) is 2.18. The Morgan fingerprint density at radius 2 is 1.67 bits per heavy atom. The van der Waals surface area contributed by atoms with E-state index in [4.69, 9.17) is 4.74 Å². The Morgan fingerprint density at radius 3 is 2.33 bits per heavy atom. The van der Waals surface area contributed by atoms with Crippen LogP contribution in [-0.2, 0) is 4.79 Å². The molecule has 2 N–H and O–H groups in total. The summed E-state index contributed by atoms with van der Waals surface area (Å²) in [5, 5.41) is 12.0. The summed E-state index contributed by atoms with van der Waals surface area (Å²) in [6.07, 6.45) is 0. The van der Waals surface area contributed by atoms with E-state index in [-0.39, 0.29) is 12.1 Å². The van der Waals surface area contributed by atoms with E-state index >= 15 is 0 Å². The van der Waals surface area contributed by atoms with Gasteiger partial charge >= 0.3 is 11.9 Å². The van der Waals surface area contributed by atoms with Crippen molar-refractivity contribution in [3.05, 3.63) is 54.1 Å². The van der Waals surface area contributed by atoms with Gasteiger partial charge in [0.1, 0.15) is 5.75 Å². The third kappa shape index (κ3) is 3.46. The number of nitrogens with one attached hydrogen (secondary N) is 1. The number of hydrogen-bond donors (Lipinski definition) is 2. The van der Waals surface area contributed by atoms with Crippen molar-refractivity contribution < 1.29 is 19.4 Å². The van der Waals surface area contributed by atoms with Gasteiger partial charge in [-0.1, -0.05) is 36.4 Å². The highest BCUT2D eigenvalue weighted by Gasteiger charge is 2.15. The van der Waals surface area contributed by atoms with Gasteiger partial charge in [0.2, 0.25) is 0 Å². The van der Waals surface area contributed by atoms with Crippen LogP contribution in [0.2, 0.25) is 0 Å². The molecule has 0 atom stereocenters. The molecule has 0 heterocycles. The first-order chi connectivity index (χ1) is 10.1. The van der Waals surface area contributed by atoms with Crippen molar-refractivity contribution in [1.82, 2.24) is 5.32 Å². The summed E-state index contributed by atoms with van der Waals surface area (Å²) < 4.78 is 5.28. The van der Waals surface area contributed by atoms with Crippen LogP contribution in [0.15, 0.2) is 48.5 Å². The maximum Gasteiger partial charge on any atom is 0.336 e. The van der Waals surface area contributed by atoms with E-state index in [2.05, 4.69) is 5.32 Å². The monoisotopic (exact) mass is 285 g/mol. The number of carboxylic acids is 1. The van der Waals surface area contributed by atoms with E-state index in [9.17, 15) is 14.7 Å². The van der Waals surface area contributed by atoms with Crippen molar-refractivity contribution in [2.75, 3.05) is 13.6 Å². The third-order valence-corrected chi connectivity index (χ3v) is 2.88. The second kappa shape index (κ2) is 6.67. The van der Waals surface area contributed by atoms with Gasteiger partial charge in [0, 0.05) is 5.56 Å². The fraction of sp³-hybridized carbons (Fsp3) is 0.125. The summed E-state index contributed by atoms with van der Waals surface area (Å²) in [4.78, 5) is 22.9. The number of para-hydroxylation sites is 1. The van der Waals surface area contributed by atoms with Crippen molar-refractivity contribution >= 4 is 11.9 Å². The van der Waals surface area contributed by atoms with Crippen LogP contribution in [0.25, 0.3) is 11.1 Å². The number of carboxylic acid groups (broad SMARTS) is 1. The maximum absolute atomic E-state index is 11.6. The molecule has 0 aliphatic heterocycles. The number of esters is 1. The molecule has 0 aliphatic rings. The summed E-state index contributed by atoms with van der Waals surface area (Å²) in [6, 6.07) is 13.5. The van der Waals surface area contributed by atoms with Crippen molar-refractivity contribution in [3.8, 4) is 16.9 Å². The van der Waals surface area contributed by atoms with E-state index in [1.807, 2.05) is 0 Å². The molecule has 0 fully saturated rings. The van der Waals surface area contributed by atoms with Crippen LogP contribution >= 0.6 is 0 Å². The van der Waals surface area contributed by atoms with Crippen LogP contribution in [0, 0.1) is 0 Å². The first-order valence-electron chi connectivity index (χ1n) is 6.40. The molecule has 0 saturated heterocycles. The van der Waals surface area contributed by atoms with Crippen molar-refractivity contribution in [2.45, 2.75) is 0 Å². The molecular formula is C16H15NO4. The molecule has 0 spiro atoms. The summed E-state index contributed by atoms with van der Waals surface area (Å²) in [7, 11) is 1.65. The number of rotatable bonds is 5. The first kappa shape index (κ1) is 14.7. The molecule has 5 heteroatoms. The third-order valence-electron chi connectivity index (χ3n) is 2.88. The molecular weight excluding hydrogens is 270 g/mol. The average molecular weight is 285 g/mol. The quantitative estimate of drug-likeness (QED) is 0.650. The van der Waals surface area contributed by atoms with Gasteiger partial charge < -0.3 is 15.2 Å². The van der Waals surface area contributed by atoms with Gasteiger partial charge in [-0.05, 0) is 24.7 Å². The molecule has 2 rings (SSSR count). The number of likely N-dealkylation sites (N-methyl/N-ethyl adjacent to an activating group) is 1.